The van der Waals surface area contributed by atoms with E-state index in [9.17, 15) is 10.1 Å². The molecule has 1 aromatic carbocycles. The van der Waals surface area contributed by atoms with Gasteiger partial charge >= 0.3 is 0 Å². The van der Waals surface area contributed by atoms with Gasteiger partial charge in [0.2, 0.25) is 0 Å². The number of nitrogens with one attached hydrogen (secondary N) is 1. The van der Waals surface area contributed by atoms with Gasteiger partial charge in [-0.25, -0.2) is 0 Å². The normalized spacial score (nSPS) is 10.5. The van der Waals surface area contributed by atoms with E-state index in [1.54, 1.807) is 12.3 Å². The van der Waals surface area contributed by atoms with Crippen LogP contribution in [0, 0.1) is 17.0 Å². The fraction of sp³-hybridized carbons (Fsp3) is 0.111. The van der Waals surface area contributed by atoms with Crippen molar-refractivity contribution in [2.45, 2.75) is 6.92 Å². The van der Waals surface area contributed by atoms with Crippen molar-refractivity contribution in [3.8, 4) is 0 Å². The lowest BCUT2D eigenvalue weighted by molar-refractivity contribution is -0.383. The van der Waals surface area contributed by atoms with Gasteiger partial charge in [-0.3, -0.25) is 10.1 Å². The summed E-state index contributed by atoms with van der Waals surface area (Å²) in [5.41, 5.74) is 1.88. The Hall–Kier alpha value is -1.84. The van der Waals surface area contributed by atoms with Gasteiger partial charge < -0.3 is 4.98 Å². The van der Waals surface area contributed by atoms with Crippen LogP contribution in [-0.4, -0.2) is 9.91 Å². The third-order valence-corrected chi connectivity index (χ3v) is 2.08. The minimum Gasteiger partial charge on any atom is -0.361 e. The molecule has 0 amide bonds. The van der Waals surface area contributed by atoms with Gasteiger partial charge in [0.1, 0.15) is 0 Å². The Morgan fingerprint density at radius 3 is 2.92 bits per heavy atom. The van der Waals surface area contributed by atoms with Crippen LogP contribution >= 0.6 is 0 Å². The molecule has 1 N–H and O–H groups in total. The molecule has 0 saturated carbocycles. The molecule has 0 aliphatic heterocycles. The number of fused-ring (bicyclic) bond motifs is 1. The van der Waals surface area contributed by atoms with Crippen LogP contribution < -0.4 is 0 Å². The zero-order valence-electron chi connectivity index (χ0n) is 7.07. The first-order valence-electron chi connectivity index (χ1n) is 3.91. The van der Waals surface area contributed by atoms with Crippen molar-refractivity contribution in [1.82, 2.24) is 4.98 Å². The molecule has 0 fully saturated rings. The molecular formula is C9H8N2O2. The van der Waals surface area contributed by atoms with E-state index < -0.39 is 0 Å². The lowest BCUT2D eigenvalue weighted by Gasteiger charge is -1.94. The zero-order chi connectivity index (χ0) is 9.42. The van der Waals surface area contributed by atoms with Crippen molar-refractivity contribution in [2.75, 3.05) is 0 Å². The highest BCUT2D eigenvalue weighted by molar-refractivity contribution is 5.91. The van der Waals surface area contributed by atoms with E-state index in [0.29, 0.717) is 5.39 Å². The highest BCUT2D eigenvalue weighted by Gasteiger charge is 2.13. The predicted octanol–water partition coefficient (Wildman–Crippen LogP) is 2.38. The molecule has 4 heteroatoms. The minimum absolute atomic E-state index is 0.163. The number of aryl methyl sites for hydroxylation is 1. The number of nitro groups is 1. The van der Waals surface area contributed by atoms with Gasteiger partial charge in [0, 0.05) is 12.3 Å². The SMILES string of the molecule is Cc1c[nH]c2cccc([N+](=O)[O-])c12. The van der Waals surface area contributed by atoms with Crippen molar-refractivity contribution in [3.05, 3.63) is 40.1 Å². The van der Waals surface area contributed by atoms with E-state index in [-0.39, 0.29) is 10.6 Å². The van der Waals surface area contributed by atoms with E-state index in [1.807, 2.05) is 13.0 Å². The summed E-state index contributed by atoms with van der Waals surface area (Å²) in [6, 6.07) is 5.02. The first-order valence-corrected chi connectivity index (χ1v) is 3.91. The maximum absolute atomic E-state index is 10.7. The van der Waals surface area contributed by atoms with E-state index in [0.717, 1.165) is 11.1 Å². The molecule has 1 aromatic heterocycles. The molecular weight excluding hydrogens is 168 g/mol. The summed E-state index contributed by atoms with van der Waals surface area (Å²) in [4.78, 5) is 13.3. The van der Waals surface area contributed by atoms with Crippen molar-refractivity contribution < 1.29 is 4.92 Å². The second kappa shape index (κ2) is 2.58. The summed E-state index contributed by atoms with van der Waals surface area (Å²) in [6.45, 7) is 1.85. The smallest absolute Gasteiger partial charge is 0.279 e. The standard InChI is InChI=1S/C9H8N2O2/c1-6-5-10-7-3-2-4-8(9(6)7)11(12)13/h2-5,10H,1H3. The molecule has 2 rings (SSSR count). The summed E-state index contributed by atoms with van der Waals surface area (Å²) >= 11 is 0. The molecule has 0 radical (unpaired) electrons. The van der Waals surface area contributed by atoms with Gasteiger partial charge in [-0.15, -0.1) is 0 Å². The number of non-ortho nitro benzene ring substituents is 1. The molecule has 0 aliphatic rings. The van der Waals surface area contributed by atoms with Gasteiger partial charge in [-0.05, 0) is 18.6 Å². The van der Waals surface area contributed by atoms with Crippen LogP contribution in [0.5, 0.6) is 0 Å². The molecule has 0 aliphatic carbocycles. The number of rotatable bonds is 1. The maximum Gasteiger partial charge on any atom is 0.279 e. The summed E-state index contributed by atoms with van der Waals surface area (Å²) in [6.07, 6.45) is 1.78. The van der Waals surface area contributed by atoms with Crippen LogP contribution in [0.25, 0.3) is 10.9 Å². The van der Waals surface area contributed by atoms with Crippen molar-refractivity contribution in [1.29, 1.82) is 0 Å². The second-order valence-electron chi connectivity index (χ2n) is 2.93. The first kappa shape index (κ1) is 7.79. The van der Waals surface area contributed by atoms with Crippen LogP contribution in [0.4, 0.5) is 5.69 Å². The van der Waals surface area contributed by atoms with Crippen LogP contribution in [0.3, 0.4) is 0 Å². The summed E-state index contributed by atoms with van der Waals surface area (Å²) < 4.78 is 0. The number of H-pyrrole nitrogens is 1. The van der Waals surface area contributed by atoms with Crippen molar-refractivity contribution in [2.24, 2.45) is 0 Å². The van der Waals surface area contributed by atoms with E-state index in [2.05, 4.69) is 4.98 Å². The summed E-state index contributed by atoms with van der Waals surface area (Å²) in [5.74, 6) is 0. The van der Waals surface area contributed by atoms with Crippen molar-refractivity contribution >= 4 is 16.6 Å². The summed E-state index contributed by atoms with van der Waals surface area (Å²) in [5, 5.41) is 11.4. The molecule has 0 atom stereocenters. The van der Waals surface area contributed by atoms with E-state index >= 15 is 0 Å². The van der Waals surface area contributed by atoms with Crippen molar-refractivity contribution in [3.63, 3.8) is 0 Å². The number of aromatic amines is 1. The second-order valence-corrected chi connectivity index (χ2v) is 2.93. The largest absolute Gasteiger partial charge is 0.361 e. The molecule has 0 saturated heterocycles. The van der Waals surface area contributed by atoms with Crippen LogP contribution in [0.15, 0.2) is 24.4 Å². The Balaban J connectivity index is 2.88. The third-order valence-electron chi connectivity index (χ3n) is 2.08. The Bertz CT molecular complexity index is 473. The van der Waals surface area contributed by atoms with Crippen LogP contribution in [0.1, 0.15) is 5.56 Å². The quantitative estimate of drug-likeness (QED) is 0.535. The lowest BCUT2D eigenvalue weighted by Crippen LogP contribution is -1.88. The summed E-state index contributed by atoms with van der Waals surface area (Å²) in [7, 11) is 0. The predicted molar refractivity (Wildman–Crippen MR) is 49.7 cm³/mol. The monoisotopic (exact) mass is 176 g/mol. The average Bonchev–Trinajstić information content (AvgIpc) is 2.48. The van der Waals surface area contributed by atoms with Gasteiger partial charge in [-0.1, -0.05) is 6.07 Å². The van der Waals surface area contributed by atoms with Gasteiger partial charge in [0.25, 0.3) is 5.69 Å². The van der Waals surface area contributed by atoms with Gasteiger partial charge in [-0.2, -0.15) is 0 Å². The zero-order valence-corrected chi connectivity index (χ0v) is 7.07. The number of hydrogen-bond acceptors (Lipinski definition) is 2. The molecule has 2 aromatic rings. The lowest BCUT2D eigenvalue weighted by atomic mass is 10.1. The molecule has 13 heavy (non-hydrogen) atoms. The fourth-order valence-corrected chi connectivity index (χ4v) is 1.49. The third kappa shape index (κ3) is 1.07. The first-order chi connectivity index (χ1) is 6.20. The van der Waals surface area contributed by atoms with Crippen LogP contribution in [-0.2, 0) is 0 Å². The Kier molecular flexibility index (Phi) is 1.55. The van der Waals surface area contributed by atoms with E-state index in [1.165, 1.54) is 6.07 Å². The molecule has 0 bridgehead atoms. The number of aromatic nitrogens is 1. The number of hydrogen-bond donors (Lipinski definition) is 1. The number of benzene rings is 1. The number of nitrogens with zero attached hydrogens (tertiary/aromatic N) is 1. The molecule has 66 valence electrons. The highest BCUT2D eigenvalue weighted by atomic mass is 16.6. The minimum atomic E-state index is -0.358. The number of nitro benzene ring substituents is 1. The molecule has 4 nitrogen and oxygen atoms in total. The Morgan fingerprint density at radius 2 is 2.23 bits per heavy atom. The molecule has 0 spiro atoms. The fourth-order valence-electron chi connectivity index (χ4n) is 1.49. The maximum atomic E-state index is 10.7. The van der Waals surface area contributed by atoms with Gasteiger partial charge in [0.15, 0.2) is 0 Å². The van der Waals surface area contributed by atoms with Gasteiger partial charge in [0.05, 0.1) is 15.8 Å². The topological polar surface area (TPSA) is 58.9 Å². The Morgan fingerprint density at radius 1 is 1.46 bits per heavy atom. The molecule has 0 unspecified atom stereocenters. The van der Waals surface area contributed by atoms with Crippen LogP contribution in [0.2, 0.25) is 0 Å². The Labute approximate surface area is 74.3 Å². The molecule has 1 heterocycles. The average molecular weight is 176 g/mol. The highest BCUT2D eigenvalue weighted by Crippen LogP contribution is 2.27. The van der Waals surface area contributed by atoms with E-state index in [4.69, 9.17) is 0 Å².